The normalized spacial score (nSPS) is 12.2. The number of carboxylic acid groups (broad SMARTS) is 1. The van der Waals surface area contributed by atoms with Crippen molar-refractivity contribution < 1.29 is 14.7 Å². The molecule has 1 aromatic rings. The third-order valence-electron chi connectivity index (χ3n) is 2.48. The molecule has 0 aliphatic rings. The number of hydrogen-bond acceptors (Lipinski definition) is 4. The predicted molar refractivity (Wildman–Crippen MR) is 60.9 cm³/mol. The van der Waals surface area contributed by atoms with Gasteiger partial charge >= 0.3 is 5.97 Å². The molecule has 0 aliphatic heterocycles. The van der Waals surface area contributed by atoms with Crippen molar-refractivity contribution in [3.05, 3.63) is 16.1 Å². The SMILES string of the molecule is CCC(C)N(C)C(=O)c1nc(C(=O)O)cs1. The Morgan fingerprint density at radius 2 is 2.25 bits per heavy atom. The molecule has 1 amide bonds. The molecule has 1 unspecified atom stereocenters. The van der Waals surface area contributed by atoms with Gasteiger partial charge < -0.3 is 10.0 Å². The van der Waals surface area contributed by atoms with Crippen molar-refractivity contribution in [2.45, 2.75) is 26.3 Å². The molecule has 0 aromatic carbocycles. The highest BCUT2D eigenvalue weighted by Gasteiger charge is 2.20. The molecule has 5 nitrogen and oxygen atoms in total. The highest BCUT2D eigenvalue weighted by Crippen LogP contribution is 2.14. The zero-order valence-corrected chi connectivity index (χ0v) is 10.2. The standard InChI is InChI=1S/C10H14N2O3S/c1-4-6(2)12(3)9(13)8-11-7(5-16-8)10(14)15/h5-6H,4H2,1-3H3,(H,14,15). The van der Waals surface area contributed by atoms with Gasteiger partial charge in [0.15, 0.2) is 10.7 Å². The van der Waals surface area contributed by atoms with Crippen molar-refractivity contribution in [1.82, 2.24) is 9.88 Å². The van der Waals surface area contributed by atoms with E-state index in [4.69, 9.17) is 5.11 Å². The summed E-state index contributed by atoms with van der Waals surface area (Å²) >= 11 is 1.06. The number of rotatable bonds is 4. The second-order valence-corrected chi connectivity index (χ2v) is 4.37. The van der Waals surface area contributed by atoms with E-state index in [2.05, 4.69) is 4.98 Å². The van der Waals surface area contributed by atoms with E-state index >= 15 is 0 Å². The summed E-state index contributed by atoms with van der Waals surface area (Å²) < 4.78 is 0. The van der Waals surface area contributed by atoms with Gasteiger partial charge in [-0.15, -0.1) is 11.3 Å². The molecule has 6 heteroatoms. The molecule has 0 radical (unpaired) electrons. The van der Waals surface area contributed by atoms with E-state index < -0.39 is 5.97 Å². The van der Waals surface area contributed by atoms with E-state index in [0.717, 1.165) is 17.8 Å². The van der Waals surface area contributed by atoms with Crippen LogP contribution in [0.1, 0.15) is 40.6 Å². The lowest BCUT2D eigenvalue weighted by atomic mass is 10.2. The van der Waals surface area contributed by atoms with Crippen molar-refractivity contribution in [3.8, 4) is 0 Å². The third-order valence-corrected chi connectivity index (χ3v) is 3.31. The second kappa shape index (κ2) is 5.07. The first-order valence-electron chi connectivity index (χ1n) is 4.93. The summed E-state index contributed by atoms with van der Waals surface area (Å²) in [5.41, 5.74) is -0.0779. The lowest BCUT2D eigenvalue weighted by molar-refractivity contribution is 0.0691. The average molecular weight is 242 g/mol. The second-order valence-electron chi connectivity index (χ2n) is 3.52. The first-order valence-corrected chi connectivity index (χ1v) is 5.81. The van der Waals surface area contributed by atoms with Gasteiger partial charge in [0.1, 0.15) is 0 Å². The quantitative estimate of drug-likeness (QED) is 0.872. The molecule has 0 fully saturated rings. The fraction of sp³-hybridized carbons (Fsp3) is 0.500. The number of carbonyl (C=O) groups excluding carboxylic acids is 1. The van der Waals surface area contributed by atoms with E-state index in [1.54, 1.807) is 11.9 Å². The average Bonchev–Trinajstić information content (AvgIpc) is 2.75. The van der Waals surface area contributed by atoms with Crippen molar-refractivity contribution >= 4 is 23.2 Å². The maximum atomic E-state index is 11.9. The van der Waals surface area contributed by atoms with Crippen LogP contribution in [-0.2, 0) is 0 Å². The maximum absolute atomic E-state index is 11.9. The topological polar surface area (TPSA) is 70.5 Å². The fourth-order valence-electron chi connectivity index (χ4n) is 1.10. The van der Waals surface area contributed by atoms with Gasteiger partial charge in [-0.2, -0.15) is 0 Å². The predicted octanol–water partition coefficient (Wildman–Crippen LogP) is 1.71. The number of aromatic carboxylic acids is 1. The Kier molecular flexibility index (Phi) is 4.00. The largest absolute Gasteiger partial charge is 0.476 e. The monoisotopic (exact) mass is 242 g/mol. The smallest absolute Gasteiger partial charge is 0.355 e. The Balaban J connectivity index is 2.84. The summed E-state index contributed by atoms with van der Waals surface area (Å²) in [5, 5.41) is 10.3. The molecule has 0 aliphatic carbocycles. The number of carbonyl (C=O) groups is 2. The van der Waals surface area contributed by atoms with Gasteiger partial charge in [-0.3, -0.25) is 4.79 Å². The van der Waals surface area contributed by atoms with Crippen LogP contribution in [-0.4, -0.2) is 40.0 Å². The molecule has 0 spiro atoms. The van der Waals surface area contributed by atoms with E-state index in [0.29, 0.717) is 0 Å². The van der Waals surface area contributed by atoms with Crippen LogP contribution in [0.2, 0.25) is 0 Å². The Morgan fingerprint density at radius 3 is 2.69 bits per heavy atom. The van der Waals surface area contributed by atoms with Gasteiger partial charge in [0.2, 0.25) is 0 Å². The van der Waals surface area contributed by atoms with Crippen molar-refractivity contribution in [2.24, 2.45) is 0 Å². The molecule has 0 bridgehead atoms. The Bertz CT molecular complexity index is 403. The fourth-order valence-corrected chi connectivity index (χ4v) is 1.87. The molecule has 1 atom stereocenters. The Hall–Kier alpha value is -1.43. The van der Waals surface area contributed by atoms with Gasteiger partial charge in [-0.1, -0.05) is 6.92 Å². The molecular weight excluding hydrogens is 228 g/mol. The van der Waals surface area contributed by atoms with Gasteiger partial charge in [0.05, 0.1) is 0 Å². The molecular formula is C10H14N2O3S. The van der Waals surface area contributed by atoms with Crippen LogP contribution in [0.25, 0.3) is 0 Å². The van der Waals surface area contributed by atoms with Crippen LogP contribution in [0.4, 0.5) is 0 Å². The number of nitrogens with zero attached hydrogens (tertiary/aromatic N) is 2. The highest BCUT2D eigenvalue weighted by atomic mass is 32.1. The summed E-state index contributed by atoms with van der Waals surface area (Å²) in [6.45, 7) is 3.92. The number of amides is 1. The summed E-state index contributed by atoms with van der Waals surface area (Å²) in [5.74, 6) is -1.34. The van der Waals surface area contributed by atoms with Crippen molar-refractivity contribution in [2.75, 3.05) is 7.05 Å². The molecule has 0 saturated heterocycles. The Morgan fingerprint density at radius 1 is 1.62 bits per heavy atom. The van der Waals surface area contributed by atoms with Gasteiger partial charge in [-0.25, -0.2) is 9.78 Å². The minimum atomic E-state index is -1.11. The molecule has 1 aromatic heterocycles. The van der Waals surface area contributed by atoms with E-state index in [1.807, 2.05) is 13.8 Å². The van der Waals surface area contributed by atoms with Crippen LogP contribution < -0.4 is 0 Å². The zero-order chi connectivity index (χ0) is 12.3. The van der Waals surface area contributed by atoms with Gasteiger partial charge in [-0.05, 0) is 13.3 Å². The molecule has 1 rings (SSSR count). The third kappa shape index (κ3) is 2.57. The highest BCUT2D eigenvalue weighted by molar-refractivity contribution is 7.11. The van der Waals surface area contributed by atoms with E-state index in [9.17, 15) is 9.59 Å². The molecule has 88 valence electrons. The van der Waals surface area contributed by atoms with Crippen LogP contribution >= 0.6 is 11.3 Å². The van der Waals surface area contributed by atoms with Crippen LogP contribution in [0.5, 0.6) is 0 Å². The minimum Gasteiger partial charge on any atom is -0.476 e. The lowest BCUT2D eigenvalue weighted by Crippen LogP contribution is -2.34. The summed E-state index contributed by atoms with van der Waals surface area (Å²) in [6.07, 6.45) is 0.847. The first kappa shape index (κ1) is 12.6. The molecule has 1 N–H and O–H groups in total. The van der Waals surface area contributed by atoms with E-state index in [1.165, 1.54) is 5.38 Å². The number of carboxylic acids is 1. The van der Waals surface area contributed by atoms with Crippen molar-refractivity contribution in [3.63, 3.8) is 0 Å². The van der Waals surface area contributed by atoms with E-state index in [-0.39, 0.29) is 22.7 Å². The zero-order valence-electron chi connectivity index (χ0n) is 9.43. The van der Waals surface area contributed by atoms with Gasteiger partial charge in [0, 0.05) is 18.5 Å². The maximum Gasteiger partial charge on any atom is 0.355 e. The number of hydrogen-bond donors (Lipinski definition) is 1. The minimum absolute atomic E-state index is 0.0779. The van der Waals surface area contributed by atoms with Crippen LogP contribution in [0, 0.1) is 0 Å². The molecule has 1 heterocycles. The lowest BCUT2D eigenvalue weighted by Gasteiger charge is -2.22. The van der Waals surface area contributed by atoms with Gasteiger partial charge in [0.25, 0.3) is 5.91 Å². The first-order chi connectivity index (χ1) is 7.47. The van der Waals surface area contributed by atoms with Crippen molar-refractivity contribution in [1.29, 1.82) is 0 Å². The van der Waals surface area contributed by atoms with Crippen LogP contribution in [0.3, 0.4) is 0 Å². The Labute approximate surface area is 97.7 Å². The summed E-state index contributed by atoms with van der Waals surface area (Å²) in [4.78, 5) is 27.8. The van der Waals surface area contributed by atoms with Crippen LogP contribution in [0.15, 0.2) is 5.38 Å². The number of aromatic nitrogens is 1. The molecule has 16 heavy (non-hydrogen) atoms. The number of thiazole rings is 1. The molecule has 0 saturated carbocycles. The summed E-state index contributed by atoms with van der Waals surface area (Å²) in [6, 6.07) is 0.115. The summed E-state index contributed by atoms with van der Waals surface area (Å²) in [7, 11) is 1.69.